The zero-order valence-corrected chi connectivity index (χ0v) is 21.1. The molecule has 2 atom stereocenters. The topological polar surface area (TPSA) is 77.8 Å². The summed E-state index contributed by atoms with van der Waals surface area (Å²) >= 11 is 0. The highest BCUT2D eigenvalue weighted by atomic mass is 16.7. The zero-order chi connectivity index (χ0) is 24.7. The highest BCUT2D eigenvalue weighted by Crippen LogP contribution is 2.37. The molecule has 2 saturated heterocycles. The lowest BCUT2D eigenvalue weighted by Crippen LogP contribution is -2.40. The molecule has 1 N–H and O–H groups in total. The number of anilines is 2. The number of benzene rings is 2. The van der Waals surface area contributed by atoms with Crippen molar-refractivity contribution in [2.24, 2.45) is 7.05 Å². The van der Waals surface area contributed by atoms with Crippen LogP contribution in [0.1, 0.15) is 49.6 Å². The zero-order valence-electron chi connectivity index (χ0n) is 21.1. The maximum absolute atomic E-state index is 13.4. The Bertz CT molecular complexity index is 1300. The molecule has 5 rings (SSSR count). The Morgan fingerprint density at radius 1 is 1.17 bits per heavy atom. The molecule has 2 unspecified atom stereocenters. The van der Waals surface area contributed by atoms with Crippen LogP contribution in [0.25, 0.3) is 10.9 Å². The number of hydrogen-bond donors (Lipinski definition) is 1. The fraction of sp³-hybridized carbons (Fsp3) is 0.481. The summed E-state index contributed by atoms with van der Waals surface area (Å²) in [5, 5.41) is 4.30. The molecule has 3 heterocycles. The average molecular weight is 479 g/mol. The molecule has 0 bridgehead atoms. The number of morpholine rings is 1. The lowest BCUT2D eigenvalue weighted by molar-refractivity contribution is -0.139. The van der Waals surface area contributed by atoms with Crippen LogP contribution >= 0.6 is 0 Å². The van der Waals surface area contributed by atoms with Crippen molar-refractivity contribution < 1.29 is 14.2 Å². The van der Waals surface area contributed by atoms with Crippen molar-refractivity contribution in [3.63, 3.8) is 0 Å². The second kappa shape index (κ2) is 9.26. The molecular formula is C27H34N4O4. The van der Waals surface area contributed by atoms with Gasteiger partial charge in [-0.05, 0) is 45.4 Å². The molecule has 0 spiro atoms. The van der Waals surface area contributed by atoms with Gasteiger partial charge in [-0.25, -0.2) is 4.98 Å². The largest absolute Gasteiger partial charge is 0.378 e. The Kier molecular flexibility index (Phi) is 6.29. The molecule has 2 aliphatic heterocycles. The van der Waals surface area contributed by atoms with Gasteiger partial charge in [0, 0.05) is 37.0 Å². The van der Waals surface area contributed by atoms with Gasteiger partial charge in [-0.2, -0.15) is 0 Å². The number of fused-ring (bicyclic) bond motifs is 1. The van der Waals surface area contributed by atoms with Gasteiger partial charge < -0.3 is 24.4 Å². The summed E-state index contributed by atoms with van der Waals surface area (Å²) in [6.07, 6.45) is -0.145. The number of para-hydroxylation sites is 1. The first-order chi connectivity index (χ1) is 16.7. The van der Waals surface area contributed by atoms with E-state index in [0.717, 1.165) is 27.9 Å². The van der Waals surface area contributed by atoms with Crippen LogP contribution in [-0.4, -0.2) is 48.2 Å². The second-order valence-electron chi connectivity index (χ2n) is 9.90. The summed E-state index contributed by atoms with van der Waals surface area (Å²) in [5.41, 5.74) is 4.76. The van der Waals surface area contributed by atoms with Gasteiger partial charge >= 0.3 is 0 Å². The first-order valence-electron chi connectivity index (χ1n) is 12.2. The lowest BCUT2D eigenvalue weighted by atomic mass is 10.00. The van der Waals surface area contributed by atoms with Gasteiger partial charge in [0.1, 0.15) is 6.10 Å². The molecule has 2 aromatic carbocycles. The van der Waals surface area contributed by atoms with Gasteiger partial charge in [-0.15, -0.1) is 0 Å². The van der Waals surface area contributed by atoms with E-state index in [4.69, 9.17) is 19.2 Å². The number of nitrogens with zero attached hydrogens (tertiary/aromatic N) is 3. The van der Waals surface area contributed by atoms with E-state index < -0.39 is 5.79 Å². The molecular weight excluding hydrogens is 444 g/mol. The lowest BCUT2D eigenvalue weighted by Gasteiger charge is -2.29. The van der Waals surface area contributed by atoms with E-state index >= 15 is 0 Å². The molecule has 35 heavy (non-hydrogen) atoms. The molecule has 8 heteroatoms. The predicted octanol–water partition coefficient (Wildman–Crippen LogP) is 4.08. The monoisotopic (exact) mass is 478 g/mol. The number of aromatic nitrogens is 2. The minimum Gasteiger partial charge on any atom is -0.378 e. The summed E-state index contributed by atoms with van der Waals surface area (Å²) in [6.45, 7) is 11.2. The third-order valence-electron chi connectivity index (χ3n) is 6.78. The Labute approximate surface area is 205 Å². The smallest absolute Gasteiger partial charge is 0.262 e. The number of rotatable bonds is 5. The van der Waals surface area contributed by atoms with Crippen molar-refractivity contribution in [1.29, 1.82) is 0 Å². The van der Waals surface area contributed by atoms with Crippen molar-refractivity contribution >= 4 is 22.5 Å². The van der Waals surface area contributed by atoms with Crippen LogP contribution < -0.4 is 15.8 Å². The summed E-state index contributed by atoms with van der Waals surface area (Å²) in [5.74, 6) is 0.0814. The number of ether oxygens (including phenoxy) is 3. The molecule has 8 nitrogen and oxygen atoms in total. The van der Waals surface area contributed by atoms with Crippen molar-refractivity contribution in [2.45, 2.75) is 45.6 Å². The molecule has 0 radical (unpaired) electrons. The van der Waals surface area contributed by atoms with Gasteiger partial charge in [0.25, 0.3) is 5.56 Å². The molecule has 0 saturated carbocycles. The van der Waals surface area contributed by atoms with Gasteiger partial charge in [0.2, 0.25) is 5.95 Å². The molecule has 3 aromatic rings. The number of nitrogens with one attached hydrogen (secondary N) is 1. The Balaban J connectivity index is 1.54. The van der Waals surface area contributed by atoms with Crippen LogP contribution in [0.4, 0.5) is 11.6 Å². The molecule has 2 fully saturated rings. The Hall–Kier alpha value is -2.94. The maximum atomic E-state index is 13.4. The van der Waals surface area contributed by atoms with Crippen LogP contribution in [0, 0.1) is 6.92 Å². The Morgan fingerprint density at radius 2 is 1.91 bits per heavy atom. The van der Waals surface area contributed by atoms with E-state index in [0.29, 0.717) is 44.2 Å². The van der Waals surface area contributed by atoms with Crippen LogP contribution in [0.2, 0.25) is 0 Å². The second-order valence-corrected chi connectivity index (χ2v) is 9.90. The fourth-order valence-electron chi connectivity index (χ4n) is 4.98. The third-order valence-corrected chi connectivity index (χ3v) is 6.78. The third kappa shape index (κ3) is 4.66. The summed E-state index contributed by atoms with van der Waals surface area (Å²) in [6, 6.07) is 12.1. The van der Waals surface area contributed by atoms with E-state index in [1.165, 1.54) is 0 Å². The van der Waals surface area contributed by atoms with Crippen LogP contribution in [0.3, 0.4) is 0 Å². The average Bonchev–Trinajstić information content (AvgIpc) is 3.21. The number of hydrogen-bond acceptors (Lipinski definition) is 7. The normalized spacial score (nSPS) is 20.8. The summed E-state index contributed by atoms with van der Waals surface area (Å²) in [4.78, 5) is 20.5. The fourth-order valence-corrected chi connectivity index (χ4v) is 4.98. The molecule has 0 aliphatic carbocycles. The highest BCUT2D eigenvalue weighted by Gasteiger charge is 2.34. The first-order valence-corrected chi connectivity index (χ1v) is 12.2. The highest BCUT2D eigenvalue weighted by molar-refractivity contribution is 5.84. The molecule has 2 aliphatic rings. The predicted molar refractivity (Wildman–Crippen MR) is 137 cm³/mol. The molecule has 0 amide bonds. The van der Waals surface area contributed by atoms with Gasteiger partial charge in [-0.1, -0.05) is 24.3 Å². The van der Waals surface area contributed by atoms with Gasteiger partial charge in [-0.3, -0.25) is 9.36 Å². The first kappa shape index (κ1) is 23.8. The van der Waals surface area contributed by atoms with E-state index in [1.54, 1.807) is 11.6 Å². The van der Waals surface area contributed by atoms with E-state index in [-0.39, 0.29) is 17.7 Å². The van der Waals surface area contributed by atoms with Crippen molar-refractivity contribution in [1.82, 2.24) is 9.55 Å². The van der Waals surface area contributed by atoms with E-state index in [9.17, 15) is 4.79 Å². The SMILES string of the molecule is Cc1cc(C(C)Nc2ccccc2C2COC(C)(C)O2)c2nc(N3CCOCC3)n(C)c(=O)c2c1. The minimum atomic E-state index is -0.601. The van der Waals surface area contributed by atoms with E-state index in [2.05, 4.69) is 35.3 Å². The quantitative estimate of drug-likeness (QED) is 0.592. The molecule has 1 aromatic heterocycles. The number of aryl methyl sites for hydroxylation is 1. The minimum absolute atomic E-state index is 0.0345. The van der Waals surface area contributed by atoms with E-state index in [1.807, 2.05) is 39.0 Å². The van der Waals surface area contributed by atoms with Crippen LogP contribution in [0.5, 0.6) is 0 Å². The van der Waals surface area contributed by atoms with Crippen molar-refractivity contribution in [3.8, 4) is 0 Å². The van der Waals surface area contributed by atoms with Gasteiger partial charge in [0.15, 0.2) is 5.79 Å². The van der Waals surface area contributed by atoms with Crippen LogP contribution in [-0.2, 0) is 21.3 Å². The summed E-state index contributed by atoms with van der Waals surface area (Å²) < 4.78 is 19.1. The maximum Gasteiger partial charge on any atom is 0.262 e. The standard InChI is InChI=1S/C27H34N4O4/c1-17-14-20(18(2)28-22-9-7-6-8-19(22)23-16-34-27(3,4)35-23)24-21(15-17)25(32)30(5)26(29-24)31-10-12-33-13-11-31/h6-9,14-15,18,23,28H,10-13,16H2,1-5H3. The van der Waals surface area contributed by atoms with Gasteiger partial charge in [0.05, 0.1) is 36.8 Å². The molecule has 186 valence electrons. The Morgan fingerprint density at radius 3 is 2.63 bits per heavy atom. The van der Waals surface area contributed by atoms with Crippen molar-refractivity contribution in [2.75, 3.05) is 43.1 Å². The van der Waals surface area contributed by atoms with Crippen LogP contribution in [0.15, 0.2) is 41.2 Å². The van der Waals surface area contributed by atoms with Crippen molar-refractivity contribution in [3.05, 3.63) is 63.4 Å². The summed E-state index contributed by atoms with van der Waals surface area (Å²) in [7, 11) is 1.80.